The second-order valence-corrected chi connectivity index (χ2v) is 8.60. The topological polar surface area (TPSA) is 81.2 Å². The molecule has 1 fully saturated rings. The SMILES string of the molecule is Cc1noc(C)c1-c1ccc2c(c1)ncn2[C@@H]1CCN(S(C)(=O)=O)C1. The van der Waals surface area contributed by atoms with Gasteiger partial charge in [-0.2, -0.15) is 0 Å². The predicted octanol–water partition coefficient (Wildman–Crippen LogP) is 2.51. The Morgan fingerprint density at radius 3 is 2.72 bits per heavy atom. The molecule has 0 saturated carbocycles. The molecule has 25 heavy (non-hydrogen) atoms. The van der Waals surface area contributed by atoms with E-state index in [1.807, 2.05) is 32.0 Å². The number of nitrogens with zero attached hydrogens (tertiary/aromatic N) is 4. The molecule has 7 nitrogen and oxygen atoms in total. The van der Waals surface area contributed by atoms with Crippen LogP contribution in [0.15, 0.2) is 29.0 Å². The molecule has 0 amide bonds. The molecule has 1 atom stereocenters. The lowest BCUT2D eigenvalue weighted by Gasteiger charge is -2.15. The van der Waals surface area contributed by atoms with Crippen molar-refractivity contribution in [3.05, 3.63) is 36.0 Å². The number of benzene rings is 1. The van der Waals surface area contributed by atoms with Gasteiger partial charge in [0.15, 0.2) is 0 Å². The van der Waals surface area contributed by atoms with Crippen LogP contribution in [0.3, 0.4) is 0 Å². The van der Waals surface area contributed by atoms with Gasteiger partial charge < -0.3 is 9.09 Å². The van der Waals surface area contributed by atoms with Gasteiger partial charge in [0.25, 0.3) is 0 Å². The van der Waals surface area contributed by atoms with Gasteiger partial charge >= 0.3 is 0 Å². The lowest BCUT2D eigenvalue weighted by Crippen LogP contribution is -2.27. The number of hydrogen-bond donors (Lipinski definition) is 0. The van der Waals surface area contributed by atoms with E-state index in [4.69, 9.17) is 4.52 Å². The largest absolute Gasteiger partial charge is 0.361 e. The van der Waals surface area contributed by atoms with Crippen molar-refractivity contribution in [1.82, 2.24) is 19.0 Å². The molecule has 1 aromatic carbocycles. The number of fused-ring (bicyclic) bond motifs is 1. The second-order valence-electron chi connectivity index (χ2n) is 6.62. The number of hydrogen-bond acceptors (Lipinski definition) is 5. The summed E-state index contributed by atoms with van der Waals surface area (Å²) in [6.07, 6.45) is 3.86. The first-order valence-corrected chi connectivity index (χ1v) is 10.0. The summed E-state index contributed by atoms with van der Waals surface area (Å²) in [6.45, 7) is 4.87. The van der Waals surface area contributed by atoms with Gasteiger partial charge in [-0.05, 0) is 38.0 Å². The summed E-state index contributed by atoms with van der Waals surface area (Å²) in [5, 5.41) is 4.01. The minimum Gasteiger partial charge on any atom is -0.361 e. The summed E-state index contributed by atoms with van der Waals surface area (Å²) in [5.74, 6) is 0.788. The average Bonchev–Trinajstić information content (AvgIpc) is 3.24. The molecule has 3 heterocycles. The highest BCUT2D eigenvalue weighted by atomic mass is 32.2. The summed E-state index contributed by atoms with van der Waals surface area (Å²) in [6, 6.07) is 6.22. The van der Waals surface area contributed by atoms with Crippen LogP contribution in [0.25, 0.3) is 22.2 Å². The maximum Gasteiger partial charge on any atom is 0.211 e. The van der Waals surface area contributed by atoms with Crippen LogP contribution < -0.4 is 0 Å². The van der Waals surface area contributed by atoms with Crippen molar-refractivity contribution in [2.75, 3.05) is 19.3 Å². The van der Waals surface area contributed by atoms with Gasteiger partial charge in [0.2, 0.25) is 10.0 Å². The first-order chi connectivity index (χ1) is 11.8. The molecule has 1 saturated heterocycles. The summed E-state index contributed by atoms with van der Waals surface area (Å²) in [4.78, 5) is 4.52. The predicted molar refractivity (Wildman–Crippen MR) is 94.8 cm³/mol. The number of aromatic nitrogens is 3. The minimum atomic E-state index is -3.14. The molecule has 0 unspecified atom stereocenters. The third kappa shape index (κ3) is 2.75. The van der Waals surface area contributed by atoms with Gasteiger partial charge in [0, 0.05) is 18.7 Å². The van der Waals surface area contributed by atoms with Crippen molar-refractivity contribution in [3.8, 4) is 11.1 Å². The first kappa shape index (κ1) is 16.3. The van der Waals surface area contributed by atoms with Crippen molar-refractivity contribution in [2.45, 2.75) is 26.3 Å². The van der Waals surface area contributed by atoms with Crippen LogP contribution in [0.4, 0.5) is 0 Å². The zero-order valence-corrected chi connectivity index (χ0v) is 15.2. The van der Waals surface area contributed by atoms with E-state index < -0.39 is 10.0 Å². The fourth-order valence-corrected chi connectivity index (χ4v) is 4.49. The molecule has 132 valence electrons. The zero-order valence-electron chi connectivity index (χ0n) is 14.4. The molecule has 0 radical (unpaired) electrons. The van der Waals surface area contributed by atoms with Gasteiger partial charge in [-0.1, -0.05) is 11.2 Å². The van der Waals surface area contributed by atoms with Crippen molar-refractivity contribution >= 4 is 21.1 Å². The molecule has 4 rings (SSSR count). The lowest BCUT2D eigenvalue weighted by molar-refractivity contribution is 0.393. The summed E-state index contributed by atoms with van der Waals surface area (Å²) < 4.78 is 32.3. The third-order valence-corrected chi connectivity index (χ3v) is 6.16. The van der Waals surface area contributed by atoms with E-state index in [1.54, 1.807) is 6.33 Å². The Kier molecular flexibility index (Phi) is 3.69. The highest BCUT2D eigenvalue weighted by molar-refractivity contribution is 7.88. The molecule has 1 aliphatic rings. The molecule has 1 aliphatic heterocycles. The Morgan fingerprint density at radius 2 is 2.08 bits per heavy atom. The van der Waals surface area contributed by atoms with Crippen LogP contribution in [0.1, 0.15) is 23.9 Å². The standard InChI is InChI=1S/C17H20N4O3S/c1-11-17(12(2)24-19-11)13-4-5-16-15(8-13)18-10-21(16)14-6-7-20(9-14)25(3,22)23/h4-5,8,10,14H,6-7,9H2,1-3H3/t14-/m1/s1. The number of imidazole rings is 1. The summed E-state index contributed by atoms with van der Waals surface area (Å²) >= 11 is 0. The molecular formula is C17H20N4O3S. The van der Waals surface area contributed by atoms with Gasteiger partial charge in [-0.25, -0.2) is 17.7 Å². The molecule has 0 N–H and O–H groups in total. The average molecular weight is 360 g/mol. The molecular weight excluding hydrogens is 340 g/mol. The van der Waals surface area contributed by atoms with Crippen LogP contribution in [0.2, 0.25) is 0 Å². The van der Waals surface area contributed by atoms with E-state index in [2.05, 4.69) is 14.7 Å². The van der Waals surface area contributed by atoms with E-state index >= 15 is 0 Å². The smallest absolute Gasteiger partial charge is 0.211 e. The molecule has 8 heteroatoms. The van der Waals surface area contributed by atoms with Crippen molar-refractivity contribution in [2.24, 2.45) is 0 Å². The first-order valence-electron chi connectivity index (χ1n) is 8.19. The molecule has 0 bridgehead atoms. The van der Waals surface area contributed by atoms with Crippen LogP contribution in [-0.4, -0.2) is 46.8 Å². The van der Waals surface area contributed by atoms with Crippen LogP contribution in [0, 0.1) is 13.8 Å². The molecule has 0 aliphatic carbocycles. The van der Waals surface area contributed by atoms with Gasteiger partial charge in [-0.15, -0.1) is 0 Å². The van der Waals surface area contributed by atoms with E-state index in [9.17, 15) is 8.42 Å². The van der Waals surface area contributed by atoms with Crippen molar-refractivity contribution in [3.63, 3.8) is 0 Å². The van der Waals surface area contributed by atoms with Crippen molar-refractivity contribution < 1.29 is 12.9 Å². The molecule has 2 aromatic heterocycles. The molecule has 0 spiro atoms. The molecule has 3 aromatic rings. The van der Waals surface area contributed by atoms with E-state index in [0.29, 0.717) is 13.1 Å². The Hall–Kier alpha value is -2.19. The quantitative estimate of drug-likeness (QED) is 0.717. The third-order valence-electron chi connectivity index (χ3n) is 4.89. The van der Waals surface area contributed by atoms with Gasteiger partial charge in [-0.3, -0.25) is 0 Å². The second kappa shape index (κ2) is 5.67. The minimum absolute atomic E-state index is 0.115. The fourth-order valence-electron chi connectivity index (χ4n) is 3.61. The summed E-state index contributed by atoms with van der Waals surface area (Å²) in [5.41, 5.74) is 4.78. The highest BCUT2D eigenvalue weighted by Gasteiger charge is 2.30. The van der Waals surface area contributed by atoms with Gasteiger partial charge in [0.1, 0.15) is 5.76 Å². The van der Waals surface area contributed by atoms with Crippen LogP contribution in [0.5, 0.6) is 0 Å². The van der Waals surface area contributed by atoms with Crippen molar-refractivity contribution in [1.29, 1.82) is 0 Å². The Morgan fingerprint density at radius 1 is 1.28 bits per heavy atom. The van der Waals surface area contributed by atoms with Crippen LogP contribution >= 0.6 is 0 Å². The maximum atomic E-state index is 11.7. The fraction of sp³-hybridized carbons (Fsp3) is 0.412. The van der Waals surface area contributed by atoms with Gasteiger partial charge in [0.05, 0.1) is 35.4 Å². The Balaban J connectivity index is 1.70. The Labute approximate surface area is 146 Å². The number of sulfonamides is 1. The van der Waals surface area contributed by atoms with E-state index in [0.717, 1.165) is 40.0 Å². The number of aryl methyl sites for hydroxylation is 2. The van der Waals surface area contributed by atoms with E-state index in [1.165, 1.54) is 10.6 Å². The monoisotopic (exact) mass is 360 g/mol. The zero-order chi connectivity index (χ0) is 17.8. The Bertz CT molecular complexity index is 1030. The highest BCUT2D eigenvalue weighted by Crippen LogP contribution is 2.31. The maximum absolute atomic E-state index is 11.7. The normalized spacial score (nSPS) is 19.1. The summed E-state index contributed by atoms with van der Waals surface area (Å²) in [7, 11) is -3.14. The van der Waals surface area contributed by atoms with E-state index in [-0.39, 0.29) is 6.04 Å². The van der Waals surface area contributed by atoms with Crippen LogP contribution in [-0.2, 0) is 10.0 Å². The lowest BCUT2D eigenvalue weighted by atomic mass is 10.0. The number of rotatable bonds is 3.